The van der Waals surface area contributed by atoms with Crippen LogP contribution in [0.3, 0.4) is 0 Å². The SMILES string of the molecule is CCCCCCCCC/C=C/CC/C=C/CC/C=C/C(O)C(CO)NC(=O)CC(O)CCCCCCCCCCCCCCCCCCCCCCCCCCCCCCC. The number of nitrogens with one attached hydrogen (secondary N) is 1. The molecule has 5 nitrogen and oxygen atoms in total. The Morgan fingerprint density at radius 3 is 1.05 bits per heavy atom. The second-order valence-corrected chi connectivity index (χ2v) is 18.8. The number of aliphatic hydroxyl groups excluding tert-OH is 3. The van der Waals surface area contributed by atoms with Gasteiger partial charge in [-0.3, -0.25) is 4.79 Å². The molecule has 0 aliphatic heterocycles. The molecule has 3 atom stereocenters. The van der Waals surface area contributed by atoms with E-state index in [2.05, 4.69) is 43.5 Å². The Labute approximate surface area is 381 Å². The summed E-state index contributed by atoms with van der Waals surface area (Å²) in [6, 6.07) is -0.766. The lowest BCUT2D eigenvalue weighted by Crippen LogP contribution is -2.45. The first-order valence-corrected chi connectivity index (χ1v) is 27.3. The summed E-state index contributed by atoms with van der Waals surface area (Å²) >= 11 is 0. The minimum Gasteiger partial charge on any atom is -0.394 e. The van der Waals surface area contributed by atoms with Crippen molar-refractivity contribution in [2.24, 2.45) is 0 Å². The van der Waals surface area contributed by atoms with E-state index in [0.717, 1.165) is 38.5 Å². The molecule has 3 unspecified atom stereocenters. The fourth-order valence-electron chi connectivity index (χ4n) is 8.49. The lowest BCUT2D eigenvalue weighted by Gasteiger charge is -2.21. The van der Waals surface area contributed by atoms with Gasteiger partial charge in [-0.15, -0.1) is 0 Å². The lowest BCUT2D eigenvalue weighted by atomic mass is 10.0. The second-order valence-electron chi connectivity index (χ2n) is 18.8. The van der Waals surface area contributed by atoms with Crippen molar-refractivity contribution in [3.63, 3.8) is 0 Å². The van der Waals surface area contributed by atoms with Gasteiger partial charge in [-0.05, 0) is 44.9 Å². The molecule has 4 N–H and O–H groups in total. The number of hydrogen-bond acceptors (Lipinski definition) is 4. The van der Waals surface area contributed by atoms with Crippen molar-refractivity contribution in [2.75, 3.05) is 6.61 Å². The Balaban J connectivity index is 3.56. The van der Waals surface area contributed by atoms with Gasteiger partial charge >= 0.3 is 0 Å². The molecule has 0 fully saturated rings. The van der Waals surface area contributed by atoms with E-state index in [4.69, 9.17) is 0 Å². The lowest BCUT2D eigenvalue weighted by molar-refractivity contribution is -0.124. The first-order chi connectivity index (χ1) is 30.0. The fourth-order valence-corrected chi connectivity index (χ4v) is 8.49. The van der Waals surface area contributed by atoms with Gasteiger partial charge in [0.15, 0.2) is 0 Å². The average molecular weight is 858 g/mol. The first-order valence-electron chi connectivity index (χ1n) is 27.3. The van der Waals surface area contributed by atoms with Crippen molar-refractivity contribution >= 4 is 5.91 Å². The normalized spacial score (nSPS) is 13.6. The maximum absolute atomic E-state index is 12.5. The number of allylic oxidation sites excluding steroid dienone is 5. The summed E-state index contributed by atoms with van der Waals surface area (Å²) in [6.07, 6.45) is 66.2. The third-order valence-corrected chi connectivity index (χ3v) is 12.7. The Morgan fingerprint density at radius 2 is 0.705 bits per heavy atom. The van der Waals surface area contributed by atoms with Crippen LogP contribution < -0.4 is 5.32 Å². The van der Waals surface area contributed by atoms with Crippen molar-refractivity contribution in [3.05, 3.63) is 36.5 Å². The molecule has 0 rings (SSSR count). The fraction of sp³-hybridized carbons (Fsp3) is 0.875. The summed E-state index contributed by atoms with van der Waals surface area (Å²) in [4.78, 5) is 12.5. The largest absolute Gasteiger partial charge is 0.394 e. The highest BCUT2D eigenvalue weighted by atomic mass is 16.3. The van der Waals surface area contributed by atoms with Crippen LogP contribution in [0.4, 0.5) is 0 Å². The summed E-state index contributed by atoms with van der Waals surface area (Å²) in [5, 5.41) is 33.3. The van der Waals surface area contributed by atoms with Gasteiger partial charge < -0.3 is 20.6 Å². The van der Waals surface area contributed by atoms with Crippen LogP contribution in [0, 0.1) is 0 Å². The highest BCUT2D eigenvalue weighted by molar-refractivity contribution is 5.76. The quantitative estimate of drug-likeness (QED) is 0.0362. The van der Waals surface area contributed by atoms with Gasteiger partial charge in [0, 0.05) is 0 Å². The monoisotopic (exact) mass is 858 g/mol. The zero-order valence-corrected chi connectivity index (χ0v) is 41.1. The molecule has 0 aromatic rings. The highest BCUT2D eigenvalue weighted by Crippen LogP contribution is 2.17. The molecule has 0 saturated heterocycles. The second kappa shape index (κ2) is 51.2. The molecular weight excluding hydrogens is 751 g/mol. The van der Waals surface area contributed by atoms with Gasteiger partial charge in [0.05, 0.1) is 31.3 Å². The number of hydrogen-bond donors (Lipinski definition) is 4. The molecule has 0 aliphatic carbocycles. The third kappa shape index (κ3) is 47.9. The number of aliphatic hydroxyl groups is 3. The van der Waals surface area contributed by atoms with E-state index in [-0.39, 0.29) is 18.9 Å². The Kier molecular flexibility index (Phi) is 50.0. The minimum atomic E-state index is -0.958. The highest BCUT2D eigenvalue weighted by Gasteiger charge is 2.20. The molecule has 0 aliphatic rings. The molecule has 360 valence electrons. The molecular formula is C56H107NO4. The van der Waals surface area contributed by atoms with Crippen molar-refractivity contribution in [1.29, 1.82) is 0 Å². The zero-order valence-electron chi connectivity index (χ0n) is 41.1. The van der Waals surface area contributed by atoms with Gasteiger partial charge in [-0.1, -0.05) is 275 Å². The molecule has 61 heavy (non-hydrogen) atoms. The van der Waals surface area contributed by atoms with Crippen molar-refractivity contribution < 1.29 is 20.1 Å². The summed E-state index contributed by atoms with van der Waals surface area (Å²) in [5.41, 5.74) is 0. The van der Waals surface area contributed by atoms with E-state index < -0.39 is 18.2 Å². The van der Waals surface area contributed by atoms with Gasteiger partial charge in [0.2, 0.25) is 5.91 Å². The van der Waals surface area contributed by atoms with E-state index in [1.165, 1.54) is 225 Å². The van der Waals surface area contributed by atoms with Crippen LogP contribution in [0.1, 0.15) is 290 Å². The van der Waals surface area contributed by atoms with Crippen LogP contribution in [0.2, 0.25) is 0 Å². The number of unbranched alkanes of at least 4 members (excludes halogenated alkanes) is 37. The predicted molar refractivity (Wildman–Crippen MR) is 268 cm³/mol. The summed E-state index contributed by atoms with van der Waals surface area (Å²) in [7, 11) is 0. The van der Waals surface area contributed by atoms with E-state index in [1.54, 1.807) is 6.08 Å². The third-order valence-electron chi connectivity index (χ3n) is 12.7. The molecule has 0 saturated carbocycles. The smallest absolute Gasteiger partial charge is 0.222 e. The van der Waals surface area contributed by atoms with E-state index in [0.29, 0.717) is 6.42 Å². The minimum absolute atomic E-state index is 0.00554. The van der Waals surface area contributed by atoms with Crippen molar-refractivity contribution in [2.45, 2.75) is 308 Å². The average Bonchev–Trinajstić information content (AvgIpc) is 3.25. The summed E-state index contributed by atoms with van der Waals surface area (Å²) in [5.74, 6) is -0.325. The van der Waals surface area contributed by atoms with Crippen LogP contribution >= 0.6 is 0 Å². The van der Waals surface area contributed by atoms with E-state index >= 15 is 0 Å². The van der Waals surface area contributed by atoms with Crippen LogP contribution in [-0.4, -0.2) is 46.1 Å². The number of carbonyl (C=O) groups is 1. The topological polar surface area (TPSA) is 89.8 Å². The van der Waals surface area contributed by atoms with Crippen LogP contribution in [0.15, 0.2) is 36.5 Å². The van der Waals surface area contributed by atoms with Crippen molar-refractivity contribution in [1.82, 2.24) is 5.32 Å². The Morgan fingerprint density at radius 1 is 0.410 bits per heavy atom. The number of carbonyl (C=O) groups excluding carboxylic acids is 1. The molecule has 0 aromatic heterocycles. The standard InChI is InChI=1S/C56H107NO4/c1-3-5-7-9-11-13-15-17-19-21-22-23-24-25-26-27-28-29-30-31-32-34-35-37-39-41-43-45-47-49-53(59)51-56(61)57-54(52-58)55(60)50-48-46-44-42-40-38-36-33-20-18-16-14-12-10-8-6-4-2/h20,33,40,42,48,50,53-55,58-60H,3-19,21-32,34-39,41,43-47,49,51-52H2,1-2H3,(H,57,61)/b33-20+,42-40+,50-48+. The zero-order chi connectivity index (χ0) is 44.4. The Hall–Kier alpha value is -1.43. The first kappa shape index (κ1) is 59.6. The molecule has 0 aromatic carbocycles. The Bertz CT molecular complexity index is 947. The molecule has 1 amide bonds. The molecule has 0 spiro atoms. The van der Waals surface area contributed by atoms with Gasteiger partial charge in [-0.25, -0.2) is 0 Å². The van der Waals surface area contributed by atoms with E-state index in [1.807, 2.05) is 6.08 Å². The summed E-state index contributed by atoms with van der Waals surface area (Å²) in [6.45, 7) is 4.22. The molecule has 0 bridgehead atoms. The van der Waals surface area contributed by atoms with Crippen LogP contribution in [0.25, 0.3) is 0 Å². The maximum Gasteiger partial charge on any atom is 0.222 e. The molecule has 5 heteroatoms. The molecule has 0 heterocycles. The van der Waals surface area contributed by atoms with Crippen molar-refractivity contribution in [3.8, 4) is 0 Å². The number of amides is 1. The molecule has 0 radical (unpaired) electrons. The van der Waals surface area contributed by atoms with E-state index in [9.17, 15) is 20.1 Å². The predicted octanol–water partition coefficient (Wildman–Crippen LogP) is 16.7. The maximum atomic E-state index is 12.5. The van der Waals surface area contributed by atoms with Gasteiger partial charge in [0.1, 0.15) is 0 Å². The van der Waals surface area contributed by atoms with Gasteiger partial charge in [0.25, 0.3) is 0 Å². The number of rotatable bonds is 50. The van der Waals surface area contributed by atoms with Crippen LogP contribution in [-0.2, 0) is 4.79 Å². The summed E-state index contributed by atoms with van der Waals surface area (Å²) < 4.78 is 0. The van der Waals surface area contributed by atoms with Crippen LogP contribution in [0.5, 0.6) is 0 Å². The van der Waals surface area contributed by atoms with Gasteiger partial charge in [-0.2, -0.15) is 0 Å².